The van der Waals surface area contributed by atoms with E-state index in [0.717, 1.165) is 4.90 Å². The number of imide groups is 1. The minimum Gasteiger partial charge on any atom is -0.496 e. The molecule has 8 nitrogen and oxygen atoms in total. The van der Waals surface area contributed by atoms with Crippen LogP contribution in [0.25, 0.3) is 6.08 Å². The maximum atomic E-state index is 12.6. The number of benzene rings is 2. The molecule has 1 aliphatic heterocycles. The average molecular weight is 381 g/mol. The fourth-order valence-corrected chi connectivity index (χ4v) is 2.74. The number of hydrogen-bond donors (Lipinski definition) is 2. The van der Waals surface area contributed by atoms with Gasteiger partial charge in [0.1, 0.15) is 23.7 Å². The number of nitrogens with one attached hydrogen (secondary N) is 2. The Hall–Kier alpha value is -3.81. The van der Waals surface area contributed by atoms with Crippen molar-refractivity contribution in [2.45, 2.75) is 0 Å². The van der Waals surface area contributed by atoms with E-state index in [1.165, 1.54) is 20.3 Å². The molecule has 0 radical (unpaired) electrons. The van der Waals surface area contributed by atoms with Crippen molar-refractivity contribution in [2.75, 3.05) is 26.1 Å². The van der Waals surface area contributed by atoms with Crippen LogP contribution in [0.3, 0.4) is 0 Å². The van der Waals surface area contributed by atoms with Crippen molar-refractivity contribution in [1.82, 2.24) is 10.2 Å². The van der Waals surface area contributed by atoms with Crippen molar-refractivity contribution in [2.24, 2.45) is 0 Å². The number of carbonyl (C=O) groups is 3. The molecule has 0 spiro atoms. The van der Waals surface area contributed by atoms with Gasteiger partial charge in [0.15, 0.2) is 0 Å². The summed E-state index contributed by atoms with van der Waals surface area (Å²) in [6.07, 6.45) is 1.51. The number of urea groups is 1. The zero-order valence-electron chi connectivity index (χ0n) is 15.4. The predicted molar refractivity (Wildman–Crippen MR) is 103 cm³/mol. The van der Waals surface area contributed by atoms with E-state index in [-0.39, 0.29) is 5.70 Å². The maximum absolute atomic E-state index is 12.6. The number of ether oxygens (including phenoxy) is 2. The summed E-state index contributed by atoms with van der Waals surface area (Å²) in [5.74, 6) is -0.0770. The molecule has 0 bridgehead atoms. The van der Waals surface area contributed by atoms with Crippen molar-refractivity contribution in [3.63, 3.8) is 0 Å². The summed E-state index contributed by atoms with van der Waals surface area (Å²) in [5.41, 5.74) is 1.15. The first-order chi connectivity index (χ1) is 13.5. The third-order valence-corrected chi connectivity index (χ3v) is 4.08. The third kappa shape index (κ3) is 3.96. The van der Waals surface area contributed by atoms with Crippen LogP contribution in [0.2, 0.25) is 0 Å². The van der Waals surface area contributed by atoms with Gasteiger partial charge >= 0.3 is 6.03 Å². The first kappa shape index (κ1) is 19.0. The van der Waals surface area contributed by atoms with E-state index in [1.54, 1.807) is 48.5 Å². The van der Waals surface area contributed by atoms with Crippen LogP contribution in [0.15, 0.2) is 54.2 Å². The molecule has 1 saturated heterocycles. The summed E-state index contributed by atoms with van der Waals surface area (Å²) in [4.78, 5) is 37.9. The van der Waals surface area contributed by atoms with Crippen molar-refractivity contribution >= 4 is 29.6 Å². The second-order valence-electron chi connectivity index (χ2n) is 5.87. The zero-order valence-corrected chi connectivity index (χ0v) is 15.4. The summed E-state index contributed by atoms with van der Waals surface area (Å²) in [5, 5.41) is 5.12. The number of rotatable bonds is 6. The van der Waals surface area contributed by atoms with Gasteiger partial charge in [0, 0.05) is 5.56 Å². The molecular weight excluding hydrogens is 362 g/mol. The Morgan fingerprint density at radius 3 is 2.39 bits per heavy atom. The van der Waals surface area contributed by atoms with Gasteiger partial charge in [0.05, 0.1) is 19.9 Å². The first-order valence-electron chi connectivity index (χ1n) is 8.44. The zero-order chi connectivity index (χ0) is 20.1. The van der Waals surface area contributed by atoms with Gasteiger partial charge in [-0.15, -0.1) is 0 Å². The van der Waals surface area contributed by atoms with Crippen LogP contribution in [-0.4, -0.2) is 43.5 Å². The quantitative estimate of drug-likeness (QED) is 0.591. The Bertz CT molecular complexity index is 954. The lowest BCUT2D eigenvalue weighted by Gasteiger charge is -2.13. The van der Waals surface area contributed by atoms with Gasteiger partial charge in [-0.05, 0) is 24.3 Å². The van der Waals surface area contributed by atoms with Crippen LogP contribution in [0, 0.1) is 0 Å². The van der Waals surface area contributed by atoms with Crippen LogP contribution in [0.1, 0.15) is 5.56 Å². The summed E-state index contributed by atoms with van der Waals surface area (Å²) in [7, 11) is 3.00. The summed E-state index contributed by atoms with van der Waals surface area (Å²) >= 11 is 0. The van der Waals surface area contributed by atoms with Crippen LogP contribution in [0.4, 0.5) is 10.5 Å². The molecule has 2 aromatic rings. The van der Waals surface area contributed by atoms with Crippen molar-refractivity contribution in [3.05, 3.63) is 59.8 Å². The largest absolute Gasteiger partial charge is 0.496 e. The Balaban J connectivity index is 1.73. The van der Waals surface area contributed by atoms with Gasteiger partial charge < -0.3 is 20.1 Å². The Morgan fingerprint density at radius 1 is 1.04 bits per heavy atom. The summed E-state index contributed by atoms with van der Waals surface area (Å²) in [6.45, 7) is -0.425. The van der Waals surface area contributed by atoms with Gasteiger partial charge in [-0.3, -0.25) is 9.59 Å². The minimum atomic E-state index is -0.665. The number of para-hydroxylation sites is 3. The molecule has 1 aliphatic rings. The van der Waals surface area contributed by atoms with Crippen LogP contribution in [0.5, 0.6) is 11.5 Å². The lowest BCUT2D eigenvalue weighted by atomic mass is 10.1. The normalized spacial score (nSPS) is 14.8. The molecule has 0 aliphatic carbocycles. The molecule has 1 heterocycles. The van der Waals surface area contributed by atoms with Gasteiger partial charge in [-0.2, -0.15) is 0 Å². The molecule has 2 aromatic carbocycles. The van der Waals surface area contributed by atoms with E-state index in [4.69, 9.17) is 9.47 Å². The second kappa shape index (κ2) is 8.26. The maximum Gasteiger partial charge on any atom is 0.329 e. The molecule has 4 amide bonds. The lowest BCUT2D eigenvalue weighted by Crippen LogP contribution is -2.38. The minimum absolute atomic E-state index is 0.0691. The SMILES string of the molecule is COc1ccccc1/C=C1/NC(=O)N(CC(=O)Nc2ccccc2OC)C1=O. The molecule has 0 atom stereocenters. The van der Waals surface area contributed by atoms with E-state index >= 15 is 0 Å². The molecule has 1 fully saturated rings. The van der Waals surface area contributed by atoms with E-state index in [9.17, 15) is 14.4 Å². The number of methoxy groups -OCH3 is 2. The Morgan fingerprint density at radius 2 is 1.68 bits per heavy atom. The Labute approximate surface area is 161 Å². The highest BCUT2D eigenvalue weighted by atomic mass is 16.5. The molecule has 0 unspecified atom stereocenters. The highest BCUT2D eigenvalue weighted by Crippen LogP contribution is 2.24. The molecule has 144 valence electrons. The summed E-state index contributed by atoms with van der Waals surface area (Å²) in [6, 6.07) is 13.3. The second-order valence-corrected chi connectivity index (χ2v) is 5.87. The molecule has 0 aromatic heterocycles. The molecule has 0 saturated carbocycles. The smallest absolute Gasteiger partial charge is 0.329 e. The first-order valence-corrected chi connectivity index (χ1v) is 8.44. The monoisotopic (exact) mass is 381 g/mol. The molecule has 2 N–H and O–H groups in total. The molecule has 8 heteroatoms. The highest BCUT2D eigenvalue weighted by molar-refractivity contribution is 6.16. The average Bonchev–Trinajstić information content (AvgIpc) is 2.96. The number of hydrogen-bond acceptors (Lipinski definition) is 5. The molecule has 3 rings (SSSR count). The van der Waals surface area contributed by atoms with Crippen LogP contribution in [-0.2, 0) is 9.59 Å². The predicted octanol–water partition coefficient (Wildman–Crippen LogP) is 2.24. The number of nitrogens with zero attached hydrogens (tertiary/aromatic N) is 1. The fourth-order valence-electron chi connectivity index (χ4n) is 2.74. The number of anilines is 1. The number of amides is 4. The highest BCUT2D eigenvalue weighted by Gasteiger charge is 2.35. The standard InChI is InChI=1S/C20H19N3O5/c1-27-16-9-5-3-7-13(16)11-15-19(25)23(20(26)22-15)12-18(24)21-14-8-4-6-10-17(14)28-2/h3-11H,12H2,1-2H3,(H,21,24)(H,22,26)/b15-11+. The molecule has 28 heavy (non-hydrogen) atoms. The Kier molecular flexibility index (Phi) is 5.59. The topological polar surface area (TPSA) is 97.0 Å². The van der Waals surface area contributed by atoms with Gasteiger partial charge in [0.2, 0.25) is 5.91 Å². The summed E-state index contributed by atoms with van der Waals surface area (Å²) < 4.78 is 10.4. The van der Waals surface area contributed by atoms with E-state index in [0.29, 0.717) is 22.7 Å². The third-order valence-electron chi connectivity index (χ3n) is 4.08. The van der Waals surface area contributed by atoms with Crippen molar-refractivity contribution in [1.29, 1.82) is 0 Å². The van der Waals surface area contributed by atoms with Crippen LogP contribution < -0.4 is 20.1 Å². The van der Waals surface area contributed by atoms with E-state index in [2.05, 4.69) is 10.6 Å². The van der Waals surface area contributed by atoms with E-state index in [1.807, 2.05) is 0 Å². The number of carbonyl (C=O) groups excluding carboxylic acids is 3. The van der Waals surface area contributed by atoms with Gasteiger partial charge in [-0.1, -0.05) is 30.3 Å². The van der Waals surface area contributed by atoms with E-state index < -0.39 is 24.4 Å². The van der Waals surface area contributed by atoms with Crippen LogP contribution >= 0.6 is 0 Å². The lowest BCUT2D eigenvalue weighted by molar-refractivity contribution is -0.127. The fraction of sp³-hybridized carbons (Fsp3) is 0.150. The van der Waals surface area contributed by atoms with Crippen molar-refractivity contribution in [3.8, 4) is 11.5 Å². The van der Waals surface area contributed by atoms with Crippen molar-refractivity contribution < 1.29 is 23.9 Å². The van der Waals surface area contributed by atoms with Gasteiger partial charge in [0.25, 0.3) is 5.91 Å². The molecular formula is C20H19N3O5. The van der Waals surface area contributed by atoms with Gasteiger partial charge in [-0.25, -0.2) is 9.69 Å².